The van der Waals surface area contributed by atoms with Crippen molar-refractivity contribution in [2.24, 2.45) is 0 Å². The molecule has 0 unspecified atom stereocenters. The number of nitrogens with one attached hydrogen (secondary N) is 1. The van der Waals surface area contributed by atoms with Crippen LogP contribution in [0, 0.1) is 12.7 Å². The highest BCUT2D eigenvalue weighted by molar-refractivity contribution is 6.17. The molecule has 0 radical (unpaired) electrons. The van der Waals surface area contributed by atoms with Crippen LogP contribution in [0.1, 0.15) is 13.9 Å². The van der Waals surface area contributed by atoms with Crippen molar-refractivity contribution in [1.29, 1.82) is 0 Å². The molecule has 4 heteroatoms. The number of aryl methyl sites for hydroxylation is 1. The Morgan fingerprint density at radius 2 is 2.33 bits per heavy atom. The molecule has 1 aromatic carbocycles. The van der Waals surface area contributed by atoms with E-state index in [1.54, 1.807) is 13.0 Å². The van der Waals surface area contributed by atoms with E-state index in [4.69, 9.17) is 14.3 Å². The lowest BCUT2D eigenvalue weighted by molar-refractivity contribution is 0.626. The zero-order valence-electron chi connectivity index (χ0n) is 9.90. The van der Waals surface area contributed by atoms with Gasteiger partial charge in [0.15, 0.2) is 5.82 Å². The number of pyridine rings is 1. The Balaban J connectivity index is 2.85. The molecule has 0 saturated carbocycles. The molecule has 0 fully saturated rings. The van der Waals surface area contributed by atoms with Crippen molar-refractivity contribution < 1.29 is 7.13 Å². The standard InChI is InChI=1S/C11H9ClFNO/c1-6-4-7-2-3-8(5-12)9(13)10(7)14-11(6)15/h2-4H,5H2,1H3,(H,14,15)/i5D2. The fourth-order valence-corrected chi connectivity index (χ4v) is 1.57. The summed E-state index contributed by atoms with van der Waals surface area (Å²) >= 11 is 5.44. The summed E-state index contributed by atoms with van der Waals surface area (Å²) in [5.74, 6) is -3.14. The van der Waals surface area contributed by atoms with Gasteiger partial charge in [0, 0.05) is 19.3 Å². The van der Waals surface area contributed by atoms with E-state index in [2.05, 4.69) is 4.98 Å². The quantitative estimate of drug-likeness (QED) is 0.747. The Bertz CT molecular complexity index is 648. The van der Waals surface area contributed by atoms with Crippen molar-refractivity contribution in [2.45, 2.75) is 12.8 Å². The van der Waals surface area contributed by atoms with Crippen molar-refractivity contribution in [2.75, 3.05) is 0 Å². The van der Waals surface area contributed by atoms with Crippen LogP contribution in [0.15, 0.2) is 23.0 Å². The molecular formula is C11H9ClFNO. The Hall–Kier alpha value is -1.35. The Kier molecular flexibility index (Phi) is 1.92. The van der Waals surface area contributed by atoms with Crippen LogP contribution in [0.4, 0.5) is 4.39 Å². The molecule has 0 atom stereocenters. The number of benzene rings is 1. The van der Waals surface area contributed by atoms with Crippen LogP contribution >= 0.6 is 11.6 Å². The SMILES string of the molecule is [2H]C([2H])(Cl)c1ccc2cc(C)c(=O)[nH]c2c1F. The van der Waals surface area contributed by atoms with Gasteiger partial charge in [-0.25, -0.2) is 4.39 Å². The number of H-pyrrole nitrogens is 1. The Morgan fingerprint density at radius 1 is 1.60 bits per heavy atom. The largest absolute Gasteiger partial charge is 0.319 e. The van der Waals surface area contributed by atoms with Gasteiger partial charge in [-0.1, -0.05) is 12.1 Å². The molecular weight excluding hydrogens is 217 g/mol. The molecule has 1 heterocycles. The van der Waals surface area contributed by atoms with E-state index in [-0.39, 0.29) is 11.1 Å². The van der Waals surface area contributed by atoms with Gasteiger partial charge in [0.05, 0.1) is 11.3 Å². The summed E-state index contributed by atoms with van der Waals surface area (Å²) in [7, 11) is 0. The van der Waals surface area contributed by atoms with Crippen molar-refractivity contribution in [3.63, 3.8) is 0 Å². The second-order valence-electron chi connectivity index (χ2n) is 3.27. The number of fused-ring (bicyclic) bond motifs is 1. The van der Waals surface area contributed by atoms with Crippen molar-refractivity contribution >= 4 is 22.5 Å². The van der Waals surface area contributed by atoms with Gasteiger partial charge < -0.3 is 4.98 Å². The number of rotatable bonds is 1. The van der Waals surface area contributed by atoms with Gasteiger partial charge in [0.1, 0.15) is 0 Å². The zero-order valence-corrected chi connectivity index (χ0v) is 8.65. The molecule has 0 saturated heterocycles. The first-order valence-electron chi connectivity index (χ1n) is 5.32. The van der Waals surface area contributed by atoms with Crippen LogP contribution in [0.5, 0.6) is 0 Å². The van der Waals surface area contributed by atoms with E-state index < -0.39 is 17.2 Å². The molecule has 0 amide bonds. The monoisotopic (exact) mass is 227 g/mol. The highest BCUT2D eigenvalue weighted by Crippen LogP contribution is 2.19. The minimum absolute atomic E-state index is 0.0253. The number of hydrogen-bond donors (Lipinski definition) is 1. The number of aromatic nitrogens is 1. The molecule has 78 valence electrons. The van der Waals surface area contributed by atoms with E-state index in [0.717, 1.165) is 0 Å². The molecule has 2 rings (SSSR count). The molecule has 0 aliphatic heterocycles. The van der Waals surface area contributed by atoms with Crippen molar-refractivity contribution in [3.8, 4) is 0 Å². The predicted octanol–water partition coefficient (Wildman–Crippen LogP) is 2.71. The summed E-state index contributed by atoms with van der Waals surface area (Å²) in [6, 6.07) is 4.35. The number of alkyl halides is 1. The van der Waals surface area contributed by atoms with Crippen molar-refractivity contribution in [3.05, 3.63) is 45.5 Å². The summed E-state index contributed by atoms with van der Waals surface area (Å²) in [6.07, 6.45) is 0. The molecule has 1 N–H and O–H groups in total. The highest BCUT2D eigenvalue weighted by Gasteiger charge is 2.08. The van der Waals surface area contributed by atoms with Crippen LogP contribution in [-0.4, -0.2) is 4.98 Å². The van der Waals surface area contributed by atoms with Crippen molar-refractivity contribution in [1.82, 2.24) is 4.98 Å². The maximum absolute atomic E-state index is 14.0. The average Bonchev–Trinajstić information content (AvgIpc) is 2.19. The lowest BCUT2D eigenvalue weighted by Crippen LogP contribution is -2.09. The number of halogens is 2. The summed E-state index contributed by atoms with van der Waals surface area (Å²) in [4.78, 5) is 13.8. The molecule has 0 bridgehead atoms. The van der Waals surface area contributed by atoms with Gasteiger partial charge in [-0.3, -0.25) is 4.79 Å². The average molecular weight is 228 g/mol. The van der Waals surface area contributed by atoms with Crippen LogP contribution in [-0.2, 0) is 5.83 Å². The number of aromatic amines is 1. The van der Waals surface area contributed by atoms with Gasteiger partial charge in [-0.05, 0) is 13.0 Å². The first kappa shape index (κ1) is 7.88. The first-order chi connectivity index (χ1) is 7.80. The summed E-state index contributed by atoms with van der Waals surface area (Å²) in [6.45, 7) is 1.62. The lowest BCUT2D eigenvalue weighted by atomic mass is 10.1. The molecule has 2 nitrogen and oxygen atoms in total. The van der Waals surface area contributed by atoms with E-state index >= 15 is 0 Å². The normalized spacial score (nSPS) is 13.8. The Labute approximate surface area is 93.5 Å². The summed E-state index contributed by atoms with van der Waals surface area (Å²) in [5.41, 5.74) is -0.240. The van der Waals surface area contributed by atoms with E-state index in [0.29, 0.717) is 10.9 Å². The minimum Gasteiger partial charge on any atom is -0.319 e. The smallest absolute Gasteiger partial charge is 0.251 e. The molecule has 1 aromatic heterocycles. The molecule has 0 aliphatic rings. The van der Waals surface area contributed by atoms with E-state index in [1.165, 1.54) is 12.1 Å². The number of hydrogen-bond acceptors (Lipinski definition) is 1. The third kappa shape index (κ3) is 1.63. The van der Waals surface area contributed by atoms with Crippen LogP contribution in [0.25, 0.3) is 10.9 Å². The molecule has 0 aliphatic carbocycles. The van der Waals surface area contributed by atoms with Crippen LogP contribution < -0.4 is 5.56 Å². The van der Waals surface area contributed by atoms with Gasteiger partial charge in [0.2, 0.25) is 0 Å². The summed E-state index contributed by atoms with van der Waals surface area (Å²) < 4.78 is 28.6. The topological polar surface area (TPSA) is 32.9 Å². The van der Waals surface area contributed by atoms with Gasteiger partial charge in [-0.2, -0.15) is 0 Å². The fraction of sp³-hybridized carbons (Fsp3) is 0.182. The highest BCUT2D eigenvalue weighted by atomic mass is 35.5. The second-order valence-corrected chi connectivity index (χ2v) is 3.46. The Morgan fingerprint density at radius 3 is 3.00 bits per heavy atom. The first-order valence-corrected chi connectivity index (χ1v) is 4.70. The predicted molar refractivity (Wildman–Crippen MR) is 58.8 cm³/mol. The minimum atomic E-state index is -2.31. The molecule has 2 aromatic rings. The van der Waals surface area contributed by atoms with Gasteiger partial charge >= 0.3 is 0 Å². The second kappa shape index (κ2) is 3.66. The maximum atomic E-state index is 14.0. The molecule has 0 spiro atoms. The van der Waals surface area contributed by atoms with Crippen LogP contribution in [0.2, 0.25) is 0 Å². The zero-order chi connectivity index (χ0) is 12.8. The van der Waals surface area contributed by atoms with Gasteiger partial charge in [-0.15, -0.1) is 11.6 Å². The summed E-state index contributed by atoms with van der Waals surface area (Å²) in [5, 5.41) is 0.504. The van der Waals surface area contributed by atoms with Gasteiger partial charge in [0.25, 0.3) is 5.56 Å². The maximum Gasteiger partial charge on any atom is 0.251 e. The fourth-order valence-electron chi connectivity index (χ4n) is 1.42. The van der Waals surface area contributed by atoms with E-state index in [1.807, 2.05) is 0 Å². The van der Waals surface area contributed by atoms with E-state index in [9.17, 15) is 9.18 Å². The third-order valence-electron chi connectivity index (χ3n) is 2.24. The lowest BCUT2D eigenvalue weighted by Gasteiger charge is -2.04. The third-order valence-corrected chi connectivity index (χ3v) is 2.45. The van der Waals surface area contributed by atoms with Crippen LogP contribution in [0.3, 0.4) is 0 Å². The molecule has 15 heavy (non-hydrogen) atoms.